The zero-order valence-corrected chi connectivity index (χ0v) is 10.2. The molecule has 88 valence electrons. The van der Waals surface area contributed by atoms with E-state index in [1.165, 1.54) is 24.9 Å². The Hall–Kier alpha value is -0.540. The van der Waals surface area contributed by atoms with Gasteiger partial charge in [0.2, 0.25) is 0 Å². The van der Waals surface area contributed by atoms with Crippen LogP contribution in [-0.4, -0.2) is 24.1 Å². The van der Waals surface area contributed by atoms with E-state index in [0.29, 0.717) is 0 Å². The smallest absolute Gasteiger partial charge is 0.123 e. The molecule has 1 N–H and O–H groups in total. The van der Waals surface area contributed by atoms with Gasteiger partial charge in [0, 0.05) is 11.8 Å². The first-order valence-corrected chi connectivity index (χ1v) is 6.96. The second kappa shape index (κ2) is 6.26. The molecule has 1 aliphatic heterocycles. The SMILES string of the molecule is Fc1ccc(CCSC2CCCNC2)cc1. The number of benzene rings is 1. The minimum Gasteiger partial charge on any atom is -0.316 e. The molecule has 0 aromatic heterocycles. The van der Waals surface area contributed by atoms with E-state index in [1.54, 1.807) is 12.1 Å². The molecule has 1 unspecified atom stereocenters. The number of nitrogens with one attached hydrogen (secondary N) is 1. The molecule has 0 spiro atoms. The first kappa shape index (κ1) is 11.9. The maximum Gasteiger partial charge on any atom is 0.123 e. The summed E-state index contributed by atoms with van der Waals surface area (Å²) in [7, 11) is 0. The van der Waals surface area contributed by atoms with Crippen LogP contribution in [0.25, 0.3) is 0 Å². The van der Waals surface area contributed by atoms with Crippen molar-refractivity contribution in [2.45, 2.75) is 24.5 Å². The zero-order chi connectivity index (χ0) is 11.2. The topological polar surface area (TPSA) is 12.0 Å². The molecule has 0 amide bonds. The summed E-state index contributed by atoms with van der Waals surface area (Å²) in [6, 6.07) is 6.86. The average Bonchev–Trinajstić information content (AvgIpc) is 2.33. The lowest BCUT2D eigenvalue weighted by Crippen LogP contribution is -2.31. The molecule has 0 bridgehead atoms. The Kier molecular flexibility index (Phi) is 4.67. The molecule has 1 aromatic carbocycles. The second-order valence-corrected chi connectivity index (χ2v) is 5.62. The van der Waals surface area contributed by atoms with Crippen LogP contribution in [0.3, 0.4) is 0 Å². The van der Waals surface area contributed by atoms with Gasteiger partial charge in [-0.1, -0.05) is 12.1 Å². The summed E-state index contributed by atoms with van der Waals surface area (Å²) in [5.41, 5.74) is 1.23. The van der Waals surface area contributed by atoms with Gasteiger partial charge >= 0.3 is 0 Å². The molecule has 1 atom stereocenters. The molecule has 0 aliphatic carbocycles. The summed E-state index contributed by atoms with van der Waals surface area (Å²) in [4.78, 5) is 0. The number of thioether (sulfide) groups is 1. The van der Waals surface area contributed by atoms with Gasteiger partial charge in [-0.2, -0.15) is 11.8 Å². The lowest BCUT2D eigenvalue weighted by Gasteiger charge is -2.22. The Labute approximate surface area is 101 Å². The highest BCUT2D eigenvalue weighted by atomic mass is 32.2. The van der Waals surface area contributed by atoms with Crippen LogP contribution in [0.4, 0.5) is 4.39 Å². The molecule has 0 radical (unpaired) electrons. The van der Waals surface area contributed by atoms with Crippen LogP contribution in [0.15, 0.2) is 24.3 Å². The standard InChI is InChI=1S/C13H18FNS/c14-12-5-3-11(4-6-12)7-9-16-13-2-1-8-15-10-13/h3-6,13,15H,1-2,7-10H2. The van der Waals surface area contributed by atoms with Crippen LogP contribution in [-0.2, 0) is 6.42 Å². The van der Waals surface area contributed by atoms with E-state index >= 15 is 0 Å². The first-order valence-electron chi connectivity index (χ1n) is 5.91. The van der Waals surface area contributed by atoms with Gasteiger partial charge < -0.3 is 5.32 Å². The Morgan fingerprint density at radius 2 is 2.12 bits per heavy atom. The van der Waals surface area contributed by atoms with Gasteiger partial charge in [-0.25, -0.2) is 4.39 Å². The molecular formula is C13H18FNS. The van der Waals surface area contributed by atoms with E-state index in [2.05, 4.69) is 5.32 Å². The summed E-state index contributed by atoms with van der Waals surface area (Å²) in [5, 5.41) is 4.19. The predicted octanol–water partition coefficient (Wildman–Crippen LogP) is 2.85. The Balaban J connectivity index is 1.69. The van der Waals surface area contributed by atoms with Crippen molar-refractivity contribution in [1.29, 1.82) is 0 Å². The van der Waals surface area contributed by atoms with Gasteiger partial charge in [-0.15, -0.1) is 0 Å². The van der Waals surface area contributed by atoms with Gasteiger partial charge in [0.05, 0.1) is 0 Å². The van der Waals surface area contributed by atoms with Crippen LogP contribution >= 0.6 is 11.8 Å². The average molecular weight is 239 g/mol. The predicted molar refractivity (Wildman–Crippen MR) is 68.5 cm³/mol. The van der Waals surface area contributed by atoms with Crippen LogP contribution in [0.2, 0.25) is 0 Å². The minimum atomic E-state index is -0.145. The van der Waals surface area contributed by atoms with Crippen molar-refractivity contribution in [2.24, 2.45) is 0 Å². The van der Waals surface area contributed by atoms with Gasteiger partial charge in [-0.3, -0.25) is 0 Å². The number of rotatable bonds is 4. The van der Waals surface area contributed by atoms with E-state index in [4.69, 9.17) is 0 Å². The number of hydrogen-bond donors (Lipinski definition) is 1. The van der Waals surface area contributed by atoms with Crippen LogP contribution < -0.4 is 5.32 Å². The Bertz CT molecular complexity index is 306. The fraction of sp³-hybridized carbons (Fsp3) is 0.538. The Morgan fingerprint density at radius 3 is 2.81 bits per heavy atom. The lowest BCUT2D eigenvalue weighted by molar-refractivity contribution is 0.531. The molecule has 3 heteroatoms. The highest BCUT2D eigenvalue weighted by Crippen LogP contribution is 2.19. The van der Waals surface area contributed by atoms with Crippen molar-refractivity contribution >= 4 is 11.8 Å². The van der Waals surface area contributed by atoms with Crippen molar-refractivity contribution < 1.29 is 4.39 Å². The monoisotopic (exact) mass is 239 g/mol. The Morgan fingerprint density at radius 1 is 1.31 bits per heavy atom. The molecule has 1 saturated heterocycles. The molecular weight excluding hydrogens is 221 g/mol. The molecule has 1 aromatic rings. The zero-order valence-electron chi connectivity index (χ0n) is 9.42. The fourth-order valence-electron chi connectivity index (χ4n) is 1.96. The van der Waals surface area contributed by atoms with Gasteiger partial charge in [0.1, 0.15) is 5.82 Å². The summed E-state index contributed by atoms with van der Waals surface area (Å²) in [6.07, 6.45) is 3.68. The van der Waals surface area contributed by atoms with Crippen molar-refractivity contribution in [1.82, 2.24) is 5.32 Å². The van der Waals surface area contributed by atoms with Crippen molar-refractivity contribution in [3.8, 4) is 0 Å². The highest BCUT2D eigenvalue weighted by Gasteiger charge is 2.12. The van der Waals surface area contributed by atoms with Crippen molar-refractivity contribution in [3.63, 3.8) is 0 Å². The van der Waals surface area contributed by atoms with E-state index < -0.39 is 0 Å². The highest BCUT2D eigenvalue weighted by molar-refractivity contribution is 7.99. The van der Waals surface area contributed by atoms with E-state index in [9.17, 15) is 4.39 Å². The van der Waals surface area contributed by atoms with Crippen LogP contribution in [0.1, 0.15) is 18.4 Å². The van der Waals surface area contributed by atoms with Gasteiger partial charge in [0.25, 0.3) is 0 Å². The third kappa shape index (κ3) is 3.80. The summed E-state index contributed by atoms with van der Waals surface area (Å²) in [6.45, 7) is 2.32. The van der Waals surface area contributed by atoms with Crippen molar-refractivity contribution in [3.05, 3.63) is 35.6 Å². The third-order valence-electron chi connectivity index (χ3n) is 2.91. The second-order valence-electron chi connectivity index (χ2n) is 4.22. The molecule has 16 heavy (non-hydrogen) atoms. The summed E-state index contributed by atoms with van der Waals surface area (Å²) < 4.78 is 12.7. The molecule has 0 saturated carbocycles. The van der Waals surface area contributed by atoms with Gasteiger partial charge in [-0.05, 0) is 49.3 Å². The quantitative estimate of drug-likeness (QED) is 0.867. The molecule has 1 heterocycles. The van der Waals surface area contributed by atoms with Crippen LogP contribution in [0.5, 0.6) is 0 Å². The number of piperidine rings is 1. The number of halogens is 1. The van der Waals surface area contributed by atoms with E-state index in [-0.39, 0.29) is 5.82 Å². The van der Waals surface area contributed by atoms with Crippen molar-refractivity contribution in [2.75, 3.05) is 18.8 Å². The molecule has 2 rings (SSSR count). The minimum absolute atomic E-state index is 0.145. The van der Waals surface area contributed by atoms with Gasteiger partial charge in [0.15, 0.2) is 0 Å². The largest absolute Gasteiger partial charge is 0.316 e. The fourth-order valence-corrected chi connectivity index (χ4v) is 3.21. The van der Waals surface area contributed by atoms with E-state index in [0.717, 1.165) is 24.0 Å². The maximum absolute atomic E-state index is 12.7. The molecule has 1 fully saturated rings. The maximum atomic E-state index is 12.7. The third-order valence-corrected chi connectivity index (χ3v) is 4.22. The van der Waals surface area contributed by atoms with Crippen LogP contribution in [0, 0.1) is 5.82 Å². The first-order chi connectivity index (χ1) is 7.84. The number of hydrogen-bond acceptors (Lipinski definition) is 2. The number of aryl methyl sites for hydroxylation is 1. The summed E-state index contributed by atoms with van der Waals surface area (Å²) in [5.74, 6) is 0.991. The summed E-state index contributed by atoms with van der Waals surface area (Å²) >= 11 is 2.04. The normalized spacial score (nSPS) is 20.9. The van der Waals surface area contributed by atoms with E-state index in [1.807, 2.05) is 23.9 Å². The molecule has 1 aliphatic rings. The lowest BCUT2D eigenvalue weighted by atomic mass is 10.2. The molecule has 1 nitrogen and oxygen atoms in total.